The summed E-state index contributed by atoms with van der Waals surface area (Å²) in [6, 6.07) is 4.70. The molecule has 0 bridgehead atoms. The lowest BCUT2D eigenvalue weighted by molar-refractivity contribution is 0.143. The van der Waals surface area contributed by atoms with E-state index in [1.54, 1.807) is 19.2 Å². The summed E-state index contributed by atoms with van der Waals surface area (Å²) >= 11 is 0. The molecule has 2 N–H and O–H groups in total. The maximum absolute atomic E-state index is 13.2. The van der Waals surface area contributed by atoms with E-state index < -0.39 is 0 Å². The predicted molar refractivity (Wildman–Crippen MR) is 51.7 cm³/mol. The molecule has 0 amide bonds. The number of para-hydroxylation sites is 1. The monoisotopic (exact) mass is 199 g/mol. The van der Waals surface area contributed by atoms with Gasteiger partial charge >= 0.3 is 0 Å². The lowest BCUT2D eigenvalue weighted by Crippen LogP contribution is -2.09. The van der Waals surface area contributed by atoms with E-state index in [4.69, 9.17) is 15.2 Å². The van der Waals surface area contributed by atoms with Crippen LogP contribution in [-0.2, 0) is 11.3 Å². The first-order valence-corrected chi connectivity index (χ1v) is 4.38. The van der Waals surface area contributed by atoms with E-state index in [0.29, 0.717) is 18.8 Å². The Hall–Kier alpha value is -1.13. The molecule has 4 heteroatoms. The zero-order valence-electron chi connectivity index (χ0n) is 8.13. The van der Waals surface area contributed by atoms with Crippen LogP contribution in [0.1, 0.15) is 5.56 Å². The second-order valence-corrected chi connectivity index (χ2v) is 2.77. The van der Waals surface area contributed by atoms with Crippen LogP contribution in [0, 0.1) is 5.82 Å². The van der Waals surface area contributed by atoms with Gasteiger partial charge in [0.15, 0.2) is 11.6 Å². The van der Waals surface area contributed by atoms with E-state index in [9.17, 15) is 4.39 Å². The van der Waals surface area contributed by atoms with Crippen LogP contribution < -0.4 is 10.5 Å². The third-order valence-corrected chi connectivity index (χ3v) is 1.80. The first-order valence-electron chi connectivity index (χ1n) is 4.38. The summed E-state index contributed by atoms with van der Waals surface area (Å²) in [5.74, 6) is -0.156. The van der Waals surface area contributed by atoms with E-state index >= 15 is 0 Å². The Morgan fingerprint density at radius 3 is 2.79 bits per heavy atom. The van der Waals surface area contributed by atoms with Crippen LogP contribution in [0.15, 0.2) is 18.2 Å². The van der Waals surface area contributed by atoms with Gasteiger partial charge in [0.1, 0.15) is 6.61 Å². The Balaban J connectivity index is 2.72. The summed E-state index contributed by atoms with van der Waals surface area (Å²) < 4.78 is 23.3. The van der Waals surface area contributed by atoms with E-state index in [0.717, 1.165) is 0 Å². The number of methoxy groups -OCH3 is 1. The Kier molecular flexibility index (Phi) is 4.35. The largest absolute Gasteiger partial charge is 0.488 e. The van der Waals surface area contributed by atoms with Crippen LogP contribution in [0.2, 0.25) is 0 Å². The second-order valence-electron chi connectivity index (χ2n) is 2.77. The van der Waals surface area contributed by atoms with Crippen molar-refractivity contribution in [2.75, 3.05) is 20.3 Å². The molecule has 0 fully saturated rings. The summed E-state index contributed by atoms with van der Waals surface area (Å²) in [6.07, 6.45) is 0. The second kappa shape index (κ2) is 5.57. The zero-order chi connectivity index (χ0) is 10.4. The third kappa shape index (κ3) is 2.68. The summed E-state index contributed by atoms with van der Waals surface area (Å²) in [5, 5.41) is 0. The molecule has 0 saturated carbocycles. The van der Waals surface area contributed by atoms with Crippen molar-refractivity contribution in [2.24, 2.45) is 5.73 Å². The van der Waals surface area contributed by atoms with Crippen molar-refractivity contribution in [1.29, 1.82) is 0 Å². The Labute approximate surface area is 82.6 Å². The third-order valence-electron chi connectivity index (χ3n) is 1.80. The van der Waals surface area contributed by atoms with Gasteiger partial charge in [0.05, 0.1) is 6.61 Å². The molecule has 78 valence electrons. The normalized spacial score (nSPS) is 10.2. The summed E-state index contributed by atoms with van der Waals surface area (Å²) in [7, 11) is 1.56. The number of benzene rings is 1. The number of ether oxygens (including phenoxy) is 2. The first kappa shape index (κ1) is 10.9. The van der Waals surface area contributed by atoms with Crippen LogP contribution >= 0.6 is 0 Å². The fourth-order valence-electron chi connectivity index (χ4n) is 1.10. The quantitative estimate of drug-likeness (QED) is 0.727. The number of hydrogen-bond acceptors (Lipinski definition) is 3. The van der Waals surface area contributed by atoms with Crippen molar-refractivity contribution in [1.82, 2.24) is 0 Å². The Morgan fingerprint density at radius 2 is 2.14 bits per heavy atom. The highest BCUT2D eigenvalue weighted by Crippen LogP contribution is 2.21. The minimum Gasteiger partial charge on any atom is -0.488 e. The number of rotatable bonds is 5. The molecule has 0 unspecified atom stereocenters. The molecule has 1 aromatic carbocycles. The molecule has 0 aliphatic heterocycles. The minimum atomic E-state index is -0.385. The molecule has 0 heterocycles. The average molecular weight is 199 g/mol. The smallest absolute Gasteiger partial charge is 0.165 e. The topological polar surface area (TPSA) is 44.5 Å². The summed E-state index contributed by atoms with van der Waals surface area (Å²) in [5.41, 5.74) is 6.11. The molecule has 0 aliphatic carbocycles. The van der Waals surface area contributed by atoms with Crippen LogP contribution in [-0.4, -0.2) is 20.3 Å². The van der Waals surface area contributed by atoms with Gasteiger partial charge in [0.25, 0.3) is 0 Å². The van der Waals surface area contributed by atoms with Crippen molar-refractivity contribution < 1.29 is 13.9 Å². The van der Waals surface area contributed by atoms with Crippen molar-refractivity contribution in [2.45, 2.75) is 6.54 Å². The first-order chi connectivity index (χ1) is 6.79. The van der Waals surface area contributed by atoms with E-state index in [1.807, 2.05) is 0 Å². The predicted octanol–water partition coefficient (Wildman–Crippen LogP) is 1.31. The molecule has 14 heavy (non-hydrogen) atoms. The number of hydrogen-bond donors (Lipinski definition) is 1. The number of halogens is 1. The van der Waals surface area contributed by atoms with E-state index in [2.05, 4.69) is 0 Å². The molecule has 1 rings (SSSR count). The summed E-state index contributed by atoms with van der Waals surface area (Å²) in [4.78, 5) is 0. The van der Waals surface area contributed by atoms with Crippen molar-refractivity contribution in [3.8, 4) is 5.75 Å². The maximum atomic E-state index is 13.2. The van der Waals surface area contributed by atoms with E-state index in [1.165, 1.54) is 6.07 Å². The van der Waals surface area contributed by atoms with Crippen LogP contribution in [0.5, 0.6) is 5.75 Å². The standard InChI is InChI=1S/C10H14FNO2/c1-13-5-6-14-10-8(7-12)3-2-4-9(10)11/h2-4H,5-7,12H2,1H3. The molecule has 0 radical (unpaired) electrons. The molecule has 0 saturated heterocycles. The Bertz CT molecular complexity index is 291. The highest BCUT2D eigenvalue weighted by molar-refractivity contribution is 5.34. The molecular weight excluding hydrogens is 185 g/mol. The fourth-order valence-corrected chi connectivity index (χ4v) is 1.10. The molecule has 3 nitrogen and oxygen atoms in total. The van der Waals surface area contributed by atoms with Crippen molar-refractivity contribution >= 4 is 0 Å². The van der Waals surface area contributed by atoms with Gasteiger partial charge in [-0.05, 0) is 6.07 Å². The minimum absolute atomic E-state index is 0.229. The van der Waals surface area contributed by atoms with Gasteiger partial charge in [-0.3, -0.25) is 0 Å². The maximum Gasteiger partial charge on any atom is 0.165 e. The van der Waals surface area contributed by atoms with Gasteiger partial charge in [-0.25, -0.2) is 4.39 Å². The lowest BCUT2D eigenvalue weighted by Gasteiger charge is -2.10. The zero-order valence-corrected chi connectivity index (χ0v) is 8.13. The van der Waals surface area contributed by atoms with Crippen molar-refractivity contribution in [3.63, 3.8) is 0 Å². The fraction of sp³-hybridized carbons (Fsp3) is 0.400. The molecule has 0 spiro atoms. The van der Waals surface area contributed by atoms with Gasteiger partial charge in [-0.1, -0.05) is 12.1 Å². The summed E-state index contributed by atoms with van der Waals surface area (Å²) in [6.45, 7) is 1.02. The van der Waals surface area contributed by atoms with Gasteiger partial charge in [-0.2, -0.15) is 0 Å². The van der Waals surface area contributed by atoms with Gasteiger partial charge in [0.2, 0.25) is 0 Å². The SMILES string of the molecule is COCCOc1c(F)cccc1CN. The highest BCUT2D eigenvalue weighted by Gasteiger charge is 2.07. The van der Waals surface area contributed by atoms with Crippen LogP contribution in [0.4, 0.5) is 4.39 Å². The molecular formula is C10H14FNO2. The van der Waals surface area contributed by atoms with Gasteiger partial charge in [-0.15, -0.1) is 0 Å². The van der Waals surface area contributed by atoms with Crippen LogP contribution in [0.3, 0.4) is 0 Å². The highest BCUT2D eigenvalue weighted by atomic mass is 19.1. The average Bonchev–Trinajstić information content (AvgIpc) is 2.20. The Morgan fingerprint density at radius 1 is 1.36 bits per heavy atom. The molecule has 0 aromatic heterocycles. The van der Waals surface area contributed by atoms with Crippen molar-refractivity contribution in [3.05, 3.63) is 29.6 Å². The van der Waals surface area contributed by atoms with Gasteiger partial charge < -0.3 is 15.2 Å². The lowest BCUT2D eigenvalue weighted by atomic mass is 10.2. The molecule has 1 aromatic rings. The molecule has 0 atom stereocenters. The number of nitrogens with two attached hydrogens (primary N) is 1. The molecule has 0 aliphatic rings. The van der Waals surface area contributed by atoms with Crippen LogP contribution in [0.25, 0.3) is 0 Å². The van der Waals surface area contributed by atoms with Gasteiger partial charge in [0, 0.05) is 19.2 Å². The van der Waals surface area contributed by atoms with E-state index in [-0.39, 0.29) is 18.1 Å².